The first-order valence-corrected chi connectivity index (χ1v) is 12.5. The second-order valence-electron chi connectivity index (χ2n) is 8.20. The van der Waals surface area contributed by atoms with E-state index in [0.717, 1.165) is 41.5 Å². The molecule has 5 rings (SSSR count). The fraction of sp³-hybridized carbons (Fsp3) is 0.200. The number of aryl methyl sites for hydroxylation is 1. The van der Waals surface area contributed by atoms with E-state index in [9.17, 15) is 4.79 Å². The smallest absolute Gasteiger partial charge is 0.251 e. The molecule has 0 radical (unpaired) electrons. The van der Waals surface area contributed by atoms with Crippen molar-refractivity contribution in [2.75, 3.05) is 23.3 Å². The van der Waals surface area contributed by atoms with Crippen LogP contribution in [0, 0.1) is 6.92 Å². The average molecular weight is 506 g/mol. The highest BCUT2D eigenvalue weighted by Crippen LogP contribution is 2.30. The topological polar surface area (TPSA) is 98.8 Å². The summed E-state index contributed by atoms with van der Waals surface area (Å²) in [7, 11) is 0. The van der Waals surface area contributed by atoms with Gasteiger partial charge >= 0.3 is 0 Å². The first-order valence-electron chi connectivity index (χ1n) is 11.3. The number of aromatic amines is 1. The maximum atomic E-state index is 12.6. The number of carbonyl (C=O) groups excluding carboxylic acids is 1. The molecule has 1 fully saturated rings. The van der Waals surface area contributed by atoms with Crippen molar-refractivity contribution in [2.24, 2.45) is 0 Å². The number of nitrogens with zero attached hydrogens (tertiary/aromatic N) is 4. The molecule has 0 unspecified atom stereocenters. The van der Waals surface area contributed by atoms with Crippen LogP contribution in [0.5, 0.6) is 0 Å². The predicted octanol–water partition coefficient (Wildman–Crippen LogP) is 5.20. The van der Waals surface area contributed by atoms with Crippen molar-refractivity contribution in [2.45, 2.75) is 29.9 Å². The lowest BCUT2D eigenvalue weighted by Gasteiger charge is -2.32. The van der Waals surface area contributed by atoms with Gasteiger partial charge in [0.05, 0.1) is 0 Å². The lowest BCUT2D eigenvalue weighted by atomic mass is 10.2. The van der Waals surface area contributed by atoms with Crippen LogP contribution < -0.4 is 15.5 Å². The molecule has 1 amide bonds. The van der Waals surface area contributed by atoms with Gasteiger partial charge in [-0.15, -0.1) is 0 Å². The zero-order chi connectivity index (χ0) is 24.2. The van der Waals surface area contributed by atoms with Crippen molar-refractivity contribution in [1.29, 1.82) is 0 Å². The number of hydrogen-bond acceptors (Lipinski definition) is 7. The highest BCUT2D eigenvalue weighted by Gasteiger charge is 2.18. The van der Waals surface area contributed by atoms with Crippen molar-refractivity contribution in [3.05, 3.63) is 82.5 Å². The zero-order valence-electron chi connectivity index (χ0n) is 19.1. The van der Waals surface area contributed by atoms with Gasteiger partial charge in [0, 0.05) is 52.9 Å². The number of carbonyl (C=O) groups is 1. The number of rotatable bonds is 8. The molecule has 3 heterocycles. The van der Waals surface area contributed by atoms with Gasteiger partial charge in [-0.1, -0.05) is 29.8 Å². The highest BCUT2D eigenvalue weighted by molar-refractivity contribution is 7.99. The van der Waals surface area contributed by atoms with Crippen LogP contribution in [0.4, 0.5) is 17.5 Å². The molecule has 4 aromatic rings. The number of anilines is 3. The molecule has 178 valence electrons. The van der Waals surface area contributed by atoms with Gasteiger partial charge in [-0.05, 0) is 61.0 Å². The first kappa shape index (κ1) is 23.2. The fourth-order valence-electron chi connectivity index (χ4n) is 3.54. The first-order chi connectivity index (χ1) is 17.0. The Morgan fingerprint density at radius 3 is 2.57 bits per heavy atom. The summed E-state index contributed by atoms with van der Waals surface area (Å²) in [5, 5.41) is 14.6. The van der Waals surface area contributed by atoms with E-state index < -0.39 is 0 Å². The molecule has 2 aromatic heterocycles. The van der Waals surface area contributed by atoms with Crippen molar-refractivity contribution < 1.29 is 4.79 Å². The zero-order valence-corrected chi connectivity index (χ0v) is 20.7. The van der Waals surface area contributed by atoms with Gasteiger partial charge in [0.1, 0.15) is 11.6 Å². The average Bonchev–Trinajstić information content (AvgIpc) is 3.22. The maximum Gasteiger partial charge on any atom is 0.251 e. The monoisotopic (exact) mass is 505 g/mol. The number of benzene rings is 2. The van der Waals surface area contributed by atoms with Gasteiger partial charge in [-0.2, -0.15) is 5.10 Å². The van der Waals surface area contributed by atoms with Gasteiger partial charge in [0.2, 0.25) is 0 Å². The summed E-state index contributed by atoms with van der Waals surface area (Å²) in [6, 6.07) is 18.7. The molecule has 10 heteroatoms. The minimum atomic E-state index is -0.154. The number of amides is 1. The van der Waals surface area contributed by atoms with Crippen molar-refractivity contribution in [1.82, 2.24) is 25.5 Å². The Hall–Kier alpha value is -3.56. The van der Waals surface area contributed by atoms with Crippen LogP contribution in [-0.2, 0) is 6.54 Å². The molecule has 0 saturated carbocycles. The van der Waals surface area contributed by atoms with E-state index in [1.807, 2.05) is 55.5 Å². The van der Waals surface area contributed by atoms with Crippen LogP contribution in [0.25, 0.3) is 0 Å². The van der Waals surface area contributed by atoms with E-state index in [1.54, 1.807) is 12.1 Å². The second kappa shape index (κ2) is 10.4. The van der Waals surface area contributed by atoms with E-state index >= 15 is 0 Å². The summed E-state index contributed by atoms with van der Waals surface area (Å²) in [6.45, 7) is 4.29. The molecule has 1 aliphatic heterocycles. The molecule has 0 bridgehead atoms. The summed E-state index contributed by atoms with van der Waals surface area (Å²) in [6.07, 6.45) is 1.16. The number of nitrogens with one attached hydrogen (secondary N) is 3. The summed E-state index contributed by atoms with van der Waals surface area (Å²) in [5.74, 6) is 2.13. The minimum Gasteiger partial charge on any atom is -0.356 e. The van der Waals surface area contributed by atoms with E-state index in [2.05, 4.69) is 30.7 Å². The Kier molecular flexibility index (Phi) is 6.87. The van der Waals surface area contributed by atoms with E-state index in [-0.39, 0.29) is 5.91 Å². The van der Waals surface area contributed by atoms with E-state index in [1.165, 1.54) is 11.8 Å². The molecule has 0 spiro atoms. The van der Waals surface area contributed by atoms with Crippen LogP contribution >= 0.6 is 23.4 Å². The molecule has 1 saturated heterocycles. The third kappa shape index (κ3) is 5.75. The number of halogens is 1. The van der Waals surface area contributed by atoms with Gasteiger partial charge in [0.25, 0.3) is 5.91 Å². The third-order valence-electron chi connectivity index (χ3n) is 5.56. The molecular formula is C25H24ClN7OS. The van der Waals surface area contributed by atoms with Crippen LogP contribution in [0.2, 0.25) is 5.02 Å². The van der Waals surface area contributed by atoms with Crippen molar-refractivity contribution in [3.63, 3.8) is 0 Å². The normalized spacial score (nSPS) is 12.8. The van der Waals surface area contributed by atoms with Crippen LogP contribution in [-0.4, -0.2) is 39.2 Å². The standard InChI is InChI=1S/C25H24ClN7OS/c1-16-13-22(32-31-16)28-21-14-23(33-11-4-12-33)30-25(29-21)35-19-9-7-17(8-10-19)24(34)27-15-18-5-2-3-6-20(18)26/h2-3,5-10,13-14H,4,11-12,15H2,1H3,(H,27,34)(H2,28,29,30,31,32). The summed E-state index contributed by atoms with van der Waals surface area (Å²) < 4.78 is 0. The summed E-state index contributed by atoms with van der Waals surface area (Å²) in [5.41, 5.74) is 2.42. The van der Waals surface area contributed by atoms with Gasteiger partial charge < -0.3 is 15.5 Å². The van der Waals surface area contributed by atoms with E-state index in [4.69, 9.17) is 16.6 Å². The minimum absolute atomic E-state index is 0.154. The Balaban J connectivity index is 1.28. The Morgan fingerprint density at radius 1 is 1.09 bits per heavy atom. The molecular weight excluding hydrogens is 482 g/mol. The van der Waals surface area contributed by atoms with Crippen LogP contribution in [0.1, 0.15) is 28.0 Å². The molecule has 0 aliphatic carbocycles. The van der Waals surface area contributed by atoms with Gasteiger partial charge in [-0.3, -0.25) is 9.89 Å². The predicted molar refractivity (Wildman–Crippen MR) is 139 cm³/mol. The quantitative estimate of drug-likeness (QED) is 0.283. The molecule has 0 atom stereocenters. The summed E-state index contributed by atoms with van der Waals surface area (Å²) in [4.78, 5) is 25.1. The Labute approximate surface area is 212 Å². The SMILES string of the molecule is Cc1cc(Nc2cc(N3CCC3)nc(Sc3ccc(C(=O)NCc4ccccc4Cl)cc3)n2)n[nH]1. The van der Waals surface area contributed by atoms with Crippen LogP contribution in [0.15, 0.2) is 70.7 Å². The highest BCUT2D eigenvalue weighted by atomic mass is 35.5. The Bertz CT molecular complexity index is 1340. The molecule has 2 aromatic carbocycles. The third-order valence-corrected chi connectivity index (χ3v) is 6.80. The molecule has 3 N–H and O–H groups in total. The van der Waals surface area contributed by atoms with Crippen molar-refractivity contribution in [3.8, 4) is 0 Å². The van der Waals surface area contributed by atoms with Crippen molar-refractivity contribution >= 4 is 46.7 Å². The van der Waals surface area contributed by atoms with Crippen LogP contribution in [0.3, 0.4) is 0 Å². The molecule has 8 nitrogen and oxygen atoms in total. The fourth-order valence-corrected chi connectivity index (χ4v) is 4.51. The molecule has 1 aliphatic rings. The number of aromatic nitrogens is 4. The second-order valence-corrected chi connectivity index (χ2v) is 9.64. The number of H-pyrrole nitrogens is 1. The van der Waals surface area contributed by atoms with Gasteiger partial charge in [0.15, 0.2) is 11.0 Å². The van der Waals surface area contributed by atoms with Gasteiger partial charge in [-0.25, -0.2) is 9.97 Å². The van der Waals surface area contributed by atoms with E-state index in [0.29, 0.717) is 33.9 Å². The maximum absolute atomic E-state index is 12.6. The lowest BCUT2D eigenvalue weighted by molar-refractivity contribution is 0.0951. The lowest BCUT2D eigenvalue weighted by Crippen LogP contribution is -2.37. The Morgan fingerprint density at radius 2 is 1.89 bits per heavy atom. The largest absolute Gasteiger partial charge is 0.356 e. The summed E-state index contributed by atoms with van der Waals surface area (Å²) >= 11 is 7.62. The molecule has 35 heavy (non-hydrogen) atoms. The number of hydrogen-bond donors (Lipinski definition) is 3.